The predicted molar refractivity (Wildman–Crippen MR) is 90.5 cm³/mol. The van der Waals surface area contributed by atoms with Crippen LogP contribution in [0.5, 0.6) is 0 Å². The van der Waals surface area contributed by atoms with Crippen LogP contribution in [0.2, 0.25) is 0 Å². The summed E-state index contributed by atoms with van der Waals surface area (Å²) in [5.41, 5.74) is 0.724. The Labute approximate surface area is 155 Å². The number of carbonyl (C=O) groups excluding carboxylic acids is 2. The van der Waals surface area contributed by atoms with E-state index in [1.54, 1.807) is 18.2 Å². The highest BCUT2D eigenvalue weighted by Gasteiger charge is 2.39. The van der Waals surface area contributed by atoms with E-state index >= 15 is 0 Å². The van der Waals surface area contributed by atoms with Gasteiger partial charge in [0, 0.05) is 36.7 Å². The van der Waals surface area contributed by atoms with Gasteiger partial charge in [-0.05, 0) is 12.1 Å². The molecule has 1 aromatic carbocycles. The molecular weight excluding hydrogens is 385 g/mol. The Morgan fingerprint density at radius 1 is 1.19 bits per heavy atom. The van der Waals surface area contributed by atoms with Crippen molar-refractivity contribution in [3.63, 3.8) is 0 Å². The van der Waals surface area contributed by atoms with Crippen molar-refractivity contribution in [1.82, 2.24) is 4.98 Å². The molecule has 6 nitrogen and oxygen atoms in total. The van der Waals surface area contributed by atoms with E-state index in [0.29, 0.717) is 22.6 Å². The van der Waals surface area contributed by atoms with Crippen LogP contribution >= 0.6 is 11.3 Å². The lowest BCUT2D eigenvalue weighted by Gasteiger charge is -2.29. The van der Waals surface area contributed by atoms with Gasteiger partial charge in [0.25, 0.3) is 5.79 Å². The van der Waals surface area contributed by atoms with E-state index < -0.39 is 28.9 Å². The summed E-state index contributed by atoms with van der Waals surface area (Å²) in [7, 11) is 0. The smallest absolute Gasteiger partial charge is 0.419 e. The fraction of sp³-hybridized carbons (Fsp3) is 0.235. The molecule has 2 heterocycles. The normalized spacial score (nSPS) is 16.6. The molecule has 1 N–H and O–H groups in total. The summed E-state index contributed by atoms with van der Waals surface area (Å²) >= 11 is 0.503. The molecule has 0 saturated carbocycles. The van der Waals surface area contributed by atoms with Gasteiger partial charge in [0.05, 0.1) is 5.69 Å². The van der Waals surface area contributed by atoms with E-state index in [1.165, 1.54) is 25.3 Å². The minimum atomic E-state index is -4.50. The second kappa shape index (κ2) is 6.69. The molecule has 27 heavy (non-hydrogen) atoms. The summed E-state index contributed by atoms with van der Waals surface area (Å²) in [6.07, 6.45) is -3.38. The van der Waals surface area contributed by atoms with Crippen molar-refractivity contribution in [1.29, 1.82) is 0 Å². The molecule has 1 fully saturated rings. The number of hydrogen-bond acceptors (Lipinski definition) is 7. The number of carbonyl (C=O) groups is 2. The zero-order valence-corrected chi connectivity index (χ0v) is 14.9. The number of nitrogens with zero attached hydrogens (tertiary/aromatic N) is 1. The summed E-state index contributed by atoms with van der Waals surface area (Å²) in [5.74, 6) is -3.02. The molecule has 1 aliphatic heterocycles. The van der Waals surface area contributed by atoms with Crippen LogP contribution in [0.3, 0.4) is 0 Å². The molecule has 0 radical (unpaired) electrons. The monoisotopic (exact) mass is 398 g/mol. The van der Waals surface area contributed by atoms with Gasteiger partial charge in [-0.3, -0.25) is 0 Å². The zero-order chi connectivity index (χ0) is 19.8. The van der Waals surface area contributed by atoms with Crippen LogP contribution < -0.4 is 5.32 Å². The van der Waals surface area contributed by atoms with Crippen LogP contribution in [0, 0.1) is 0 Å². The van der Waals surface area contributed by atoms with Crippen molar-refractivity contribution in [2.75, 3.05) is 5.32 Å². The topological polar surface area (TPSA) is 77.5 Å². The minimum Gasteiger partial charge on any atom is -0.419 e. The van der Waals surface area contributed by atoms with E-state index in [0.717, 1.165) is 6.20 Å². The predicted octanol–water partition coefficient (Wildman–Crippen LogP) is 3.96. The Balaban J connectivity index is 1.80. The number of rotatable bonds is 3. The Hall–Kier alpha value is -2.88. The first-order chi connectivity index (χ1) is 12.5. The average molecular weight is 398 g/mol. The van der Waals surface area contributed by atoms with Crippen LogP contribution in [-0.2, 0) is 25.2 Å². The zero-order valence-electron chi connectivity index (χ0n) is 14.1. The number of esters is 2. The van der Waals surface area contributed by atoms with Crippen molar-refractivity contribution in [3.05, 3.63) is 46.4 Å². The number of nitrogens with one attached hydrogen (secondary N) is 1. The third-order valence-corrected chi connectivity index (χ3v) is 4.29. The van der Waals surface area contributed by atoms with Crippen molar-refractivity contribution in [2.45, 2.75) is 25.8 Å². The average Bonchev–Trinajstić information content (AvgIpc) is 3.03. The maximum absolute atomic E-state index is 12.7. The molecule has 0 amide bonds. The van der Waals surface area contributed by atoms with Crippen LogP contribution in [0.15, 0.2) is 41.4 Å². The highest BCUT2D eigenvalue weighted by Crippen LogP contribution is 2.34. The van der Waals surface area contributed by atoms with Crippen LogP contribution in [0.4, 0.5) is 18.9 Å². The first-order valence-electron chi connectivity index (χ1n) is 7.62. The number of thiazole rings is 1. The molecule has 0 atom stereocenters. The van der Waals surface area contributed by atoms with Gasteiger partial charge >= 0.3 is 18.1 Å². The number of halogens is 3. The van der Waals surface area contributed by atoms with E-state index in [9.17, 15) is 22.8 Å². The van der Waals surface area contributed by atoms with Gasteiger partial charge in [-0.25, -0.2) is 14.6 Å². The second-order valence-corrected chi connectivity index (χ2v) is 6.86. The van der Waals surface area contributed by atoms with Crippen LogP contribution in [0.1, 0.15) is 18.9 Å². The number of benzene rings is 1. The van der Waals surface area contributed by atoms with Gasteiger partial charge in [0.15, 0.2) is 10.6 Å². The maximum atomic E-state index is 12.7. The number of aromatic nitrogens is 1. The summed E-state index contributed by atoms with van der Waals surface area (Å²) in [4.78, 5) is 27.3. The molecule has 10 heteroatoms. The van der Waals surface area contributed by atoms with Gasteiger partial charge in [-0.1, -0.05) is 12.1 Å². The van der Waals surface area contributed by atoms with Gasteiger partial charge in [-0.15, -0.1) is 11.3 Å². The standard InChI is InChI=1S/C17H13F3N2O4S/c1-16(2)25-13(23)11(14(24)26-16)7-21-10-5-3-4-9(6-10)12-8-27-15(22-12)17(18,19)20/h3-8,21H,1-2H3. The fourth-order valence-corrected chi connectivity index (χ4v) is 2.94. The quantitative estimate of drug-likeness (QED) is 0.479. The highest BCUT2D eigenvalue weighted by atomic mass is 32.1. The van der Waals surface area contributed by atoms with Gasteiger partial charge in [0.1, 0.15) is 0 Å². The molecule has 1 aliphatic rings. The Morgan fingerprint density at radius 3 is 2.44 bits per heavy atom. The van der Waals surface area contributed by atoms with Crippen LogP contribution in [-0.4, -0.2) is 22.7 Å². The third-order valence-electron chi connectivity index (χ3n) is 3.40. The Morgan fingerprint density at radius 2 is 1.85 bits per heavy atom. The number of cyclic esters (lactones) is 2. The van der Waals surface area contributed by atoms with Crippen LogP contribution in [0.25, 0.3) is 11.3 Å². The molecule has 0 bridgehead atoms. The maximum Gasteiger partial charge on any atom is 0.443 e. The summed E-state index contributed by atoms with van der Waals surface area (Å²) < 4.78 is 48.0. The number of anilines is 1. The van der Waals surface area contributed by atoms with Crippen molar-refractivity contribution in [2.24, 2.45) is 0 Å². The van der Waals surface area contributed by atoms with Crippen molar-refractivity contribution in [3.8, 4) is 11.3 Å². The largest absolute Gasteiger partial charge is 0.443 e. The Bertz CT molecular complexity index is 912. The molecular formula is C17H13F3N2O4S. The number of alkyl halides is 3. The van der Waals surface area contributed by atoms with E-state index in [-0.39, 0.29) is 11.3 Å². The minimum absolute atomic E-state index is 0.168. The van der Waals surface area contributed by atoms with E-state index in [4.69, 9.17) is 9.47 Å². The van der Waals surface area contributed by atoms with Crippen molar-refractivity contribution >= 4 is 29.0 Å². The van der Waals surface area contributed by atoms with Crippen molar-refractivity contribution < 1.29 is 32.2 Å². The molecule has 142 valence electrons. The van der Waals surface area contributed by atoms with E-state index in [2.05, 4.69) is 10.3 Å². The van der Waals surface area contributed by atoms with Gasteiger partial charge in [-0.2, -0.15) is 13.2 Å². The lowest BCUT2D eigenvalue weighted by atomic mass is 10.1. The molecule has 0 unspecified atom stereocenters. The second-order valence-electron chi connectivity index (χ2n) is 6.00. The molecule has 1 saturated heterocycles. The lowest BCUT2D eigenvalue weighted by Crippen LogP contribution is -2.42. The number of hydrogen-bond donors (Lipinski definition) is 1. The first kappa shape index (κ1) is 18.9. The van der Waals surface area contributed by atoms with Gasteiger partial charge < -0.3 is 14.8 Å². The SMILES string of the molecule is CC1(C)OC(=O)C(=CNc2cccc(-c3csc(C(F)(F)F)n3)c2)C(=O)O1. The molecule has 0 aliphatic carbocycles. The number of ether oxygens (including phenoxy) is 2. The Kier molecular flexibility index (Phi) is 4.68. The fourth-order valence-electron chi connectivity index (χ4n) is 2.24. The molecule has 1 aromatic heterocycles. The summed E-state index contributed by atoms with van der Waals surface area (Å²) in [5, 5.41) is 3.11. The summed E-state index contributed by atoms with van der Waals surface area (Å²) in [6.45, 7) is 2.86. The first-order valence-corrected chi connectivity index (χ1v) is 8.50. The van der Waals surface area contributed by atoms with E-state index in [1.807, 2.05) is 0 Å². The summed E-state index contributed by atoms with van der Waals surface area (Å²) in [6, 6.07) is 6.35. The molecule has 0 spiro atoms. The third kappa shape index (κ3) is 4.27. The molecule has 3 rings (SSSR count). The molecule has 2 aromatic rings. The lowest BCUT2D eigenvalue weighted by molar-refractivity contribution is -0.222. The van der Waals surface area contributed by atoms with Gasteiger partial charge in [0.2, 0.25) is 0 Å². The highest BCUT2D eigenvalue weighted by molar-refractivity contribution is 7.10.